The third kappa shape index (κ3) is 1.86. The zero-order valence-corrected chi connectivity index (χ0v) is 6.94. The van der Waals surface area contributed by atoms with E-state index in [0.29, 0.717) is 0 Å². The van der Waals surface area contributed by atoms with Crippen molar-refractivity contribution in [3.8, 4) is 0 Å². The molecule has 2 heteroatoms. The van der Waals surface area contributed by atoms with E-state index in [2.05, 4.69) is 22.9 Å². The summed E-state index contributed by atoms with van der Waals surface area (Å²) in [5.41, 5.74) is 0. The van der Waals surface area contributed by atoms with Gasteiger partial charge in [-0.1, -0.05) is 6.92 Å². The second-order valence-electron chi connectivity index (χ2n) is 1.96. The number of rotatable bonds is 2. The van der Waals surface area contributed by atoms with Gasteiger partial charge in [0.15, 0.2) is 4.67 Å². The fraction of sp³-hybridized carbons (Fsp3) is 0.429. The molecule has 1 heterocycles. The average Bonchev–Trinajstić information content (AvgIpc) is 2.17. The molecule has 0 spiro atoms. The summed E-state index contributed by atoms with van der Waals surface area (Å²) in [4.78, 5) is 0. The van der Waals surface area contributed by atoms with Gasteiger partial charge < -0.3 is 4.42 Å². The summed E-state index contributed by atoms with van der Waals surface area (Å²) in [6.45, 7) is 2.14. The molecule has 1 aromatic heterocycles. The van der Waals surface area contributed by atoms with E-state index < -0.39 is 0 Å². The Labute approximate surface area is 63.2 Å². The second-order valence-corrected chi connectivity index (χ2v) is 2.74. The van der Waals surface area contributed by atoms with Gasteiger partial charge >= 0.3 is 0 Å². The minimum absolute atomic E-state index is 0.825. The van der Waals surface area contributed by atoms with E-state index in [1.807, 2.05) is 12.1 Å². The van der Waals surface area contributed by atoms with Crippen LogP contribution in [0.3, 0.4) is 0 Å². The minimum Gasteiger partial charge on any atom is -0.454 e. The fourth-order valence-electron chi connectivity index (χ4n) is 0.733. The molecule has 0 aliphatic carbocycles. The van der Waals surface area contributed by atoms with Gasteiger partial charge in [-0.05, 0) is 34.5 Å². The van der Waals surface area contributed by atoms with Crippen LogP contribution in [0.4, 0.5) is 0 Å². The average molecular weight is 189 g/mol. The summed E-state index contributed by atoms with van der Waals surface area (Å²) < 4.78 is 6.07. The quantitative estimate of drug-likeness (QED) is 0.696. The lowest BCUT2D eigenvalue weighted by Gasteiger charge is -1.87. The Morgan fingerprint density at radius 2 is 2.33 bits per heavy atom. The molecule has 0 aliphatic heterocycles. The summed E-state index contributed by atoms with van der Waals surface area (Å²) >= 11 is 3.24. The molecule has 0 bridgehead atoms. The van der Waals surface area contributed by atoms with Crippen molar-refractivity contribution in [2.45, 2.75) is 19.8 Å². The Kier molecular flexibility index (Phi) is 2.34. The summed E-state index contributed by atoms with van der Waals surface area (Å²) in [7, 11) is 0. The van der Waals surface area contributed by atoms with E-state index in [-0.39, 0.29) is 0 Å². The van der Waals surface area contributed by atoms with Crippen LogP contribution in [-0.4, -0.2) is 0 Å². The molecule has 0 N–H and O–H groups in total. The summed E-state index contributed by atoms with van der Waals surface area (Å²) in [6.07, 6.45) is 2.17. The van der Waals surface area contributed by atoms with E-state index in [1.165, 1.54) is 0 Å². The van der Waals surface area contributed by atoms with Crippen LogP contribution in [0.15, 0.2) is 21.2 Å². The Morgan fingerprint density at radius 1 is 1.56 bits per heavy atom. The van der Waals surface area contributed by atoms with Gasteiger partial charge in [0.25, 0.3) is 0 Å². The first kappa shape index (κ1) is 6.87. The molecule has 9 heavy (non-hydrogen) atoms. The van der Waals surface area contributed by atoms with Gasteiger partial charge in [0.1, 0.15) is 5.76 Å². The Balaban J connectivity index is 2.61. The molecule has 0 fully saturated rings. The third-order valence-corrected chi connectivity index (χ3v) is 1.55. The van der Waals surface area contributed by atoms with Crippen molar-refractivity contribution >= 4 is 15.9 Å². The highest BCUT2D eigenvalue weighted by atomic mass is 79.9. The van der Waals surface area contributed by atoms with E-state index in [9.17, 15) is 0 Å². The molecule has 0 saturated carbocycles. The zero-order chi connectivity index (χ0) is 6.69. The highest BCUT2D eigenvalue weighted by Gasteiger charge is 1.95. The zero-order valence-electron chi connectivity index (χ0n) is 5.36. The summed E-state index contributed by atoms with van der Waals surface area (Å²) in [5, 5.41) is 0. The normalized spacial score (nSPS) is 10.0. The van der Waals surface area contributed by atoms with Crippen LogP contribution >= 0.6 is 15.9 Å². The maximum atomic E-state index is 5.24. The third-order valence-electron chi connectivity index (χ3n) is 1.13. The monoisotopic (exact) mass is 188 g/mol. The molecular weight excluding hydrogens is 180 g/mol. The van der Waals surface area contributed by atoms with Gasteiger partial charge in [0, 0.05) is 6.42 Å². The van der Waals surface area contributed by atoms with Crippen LogP contribution in [-0.2, 0) is 6.42 Å². The van der Waals surface area contributed by atoms with Crippen molar-refractivity contribution in [3.05, 3.63) is 22.6 Å². The van der Waals surface area contributed by atoms with Crippen LogP contribution in [0.1, 0.15) is 19.1 Å². The molecule has 0 aliphatic rings. The lowest BCUT2D eigenvalue weighted by molar-refractivity contribution is 0.485. The maximum absolute atomic E-state index is 5.24. The van der Waals surface area contributed by atoms with Crippen molar-refractivity contribution < 1.29 is 4.42 Å². The standard InChI is InChI=1S/C7H9BrO/c1-2-3-6-4-5-7(8)9-6/h4-5H,2-3H2,1H3. The van der Waals surface area contributed by atoms with Gasteiger partial charge in [-0.25, -0.2) is 0 Å². The molecule has 1 nitrogen and oxygen atoms in total. The number of halogens is 1. The molecule has 1 aromatic rings. The Bertz CT molecular complexity index is 181. The highest BCUT2D eigenvalue weighted by molar-refractivity contribution is 9.10. The predicted octanol–water partition coefficient (Wildman–Crippen LogP) is 2.99. The molecule has 0 atom stereocenters. The maximum Gasteiger partial charge on any atom is 0.169 e. The first-order valence-corrected chi connectivity index (χ1v) is 3.86. The smallest absolute Gasteiger partial charge is 0.169 e. The van der Waals surface area contributed by atoms with Crippen LogP contribution in [0.5, 0.6) is 0 Å². The topological polar surface area (TPSA) is 13.1 Å². The number of hydrogen-bond acceptors (Lipinski definition) is 1. The van der Waals surface area contributed by atoms with E-state index in [1.54, 1.807) is 0 Å². The van der Waals surface area contributed by atoms with Crippen molar-refractivity contribution in [2.24, 2.45) is 0 Å². The predicted molar refractivity (Wildman–Crippen MR) is 40.4 cm³/mol. The Hall–Kier alpha value is -0.240. The largest absolute Gasteiger partial charge is 0.454 e. The van der Waals surface area contributed by atoms with Crippen LogP contribution in [0, 0.1) is 0 Å². The molecule has 0 unspecified atom stereocenters. The molecule has 0 saturated heterocycles. The van der Waals surface area contributed by atoms with Crippen LogP contribution in [0.2, 0.25) is 0 Å². The summed E-state index contributed by atoms with van der Waals surface area (Å²) in [6, 6.07) is 3.92. The molecule has 0 radical (unpaired) electrons. The van der Waals surface area contributed by atoms with Crippen LogP contribution in [0.25, 0.3) is 0 Å². The van der Waals surface area contributed by atoms with Crippen molar-refractivity contribution in [3.63, 3.8) is 0 Å². The van der Waals surface area contributed by atoms with Gasteiger partial charge in [-0.15, -0.1) is 0 Å². The van der Waals surface area contributed by atoms with Gasteiger partial charge in [-0.3, -0.25) is 0 Å². The van der Waals surface area contributed by atoms with E-state index in [0.717, 1.165) is 23.3 Å². The molecule has 0 aromatic carbocycles. The first-order valence-electron chi connectivity index (χ1n) is 3.07. The SMILES string of the molecule is CCCc1ccc(Br)o1. The second kappa shape index (κ2) is 3.06. The van der Waals surface area contributed by atoms with Gasteiger partial charge in [-0.2, -0.15) is 0 Å². The van der Waals surface area contributed by atoms with Crippen molar-refractivity contribution in [1.29, 1.82) is 0 Å². The van der Waals surface area contributed by atoms with Crippen LogP contribution < -0.4 is 0 Å². The highest BCUT2D eigenvalue weighted by Crippen LogP contribution is 2.14. The fourth-order valence-corrected chi connectivity index (χ4v) is 1.07. The Morgan fingerprint density at radius 3 is 2.78 bits per heavy atom. The molecule has 1 rings (SSSR count). The molecular formula is C7H9BrO. The van der Waals surface area contributed by atoms with Gasteiger partial charge in [0.2, 0.25) is 0 Å². The molecule has 0 amide bonds. The number of hydrogen-bond donors (Lipinski definition) is 0. The van der Waals surface area contributed by atoms with Gasteiger partial charge in [0.05, 0.1) is 0 Å². The summed E-state index contributed by atoms with van der Waals surface area (Å²) in [5.74, 6) is 1.06. The first-order chi connectivity index (χ1) is 4.33. The minimum atomic E-state index is 0.825. The van der Waals surface area contributed by atoms with Crippen molar-refractivity contribution in [2.75, 3.05) is 0 Å². The number of aryl methyl sites for hydroxylation is 1. The lowest BCUT2D eigenvalue weighted by atomic mass is 10.3. The lowest BCUT2D eigenvalue weighted by Crippen LogP contribution is -1.74. The van der Waals surface area contributed by atoms with E-state index in [4.69, 9.17) is 4.42 Å². The van der Waals surface area contributed by atoms with Crippen molar-refractivity contribution in [1.82, 2.24) is 0 Å². The van der Waals surface area contributed by atoms with E-state index >= 15 is 0 Å². The number of furan rings is 1. The molecule has 50 valence electrons.